The lowest BCUT2D eigenvalue weighted by Gasteiger charge is -2.06. The van der Waals surface area contributed by atoms with Gasteiger partial charge in [0.05, 0.1) is 19.3 Å². The van der Waals surface area contributed by atoms with Gasteiger partial charge in [0, 0.05) is 6.20 Å². The maximum atomic E-state index is 11.5. The fourth-order valence-corrected chi connectivity index (χ4v) is 0.844. The van der Waals surface area contributed by atoms with E-state index in [4.69, 9.17) is 0 Å². The Hall–Kier alpha value is -1.04. The molecule has 0 saturated carbocycles. The highest BCUT2D eigenvalue weighted by molar-refractivity contribution is 4.99. The van der Waals surface area contributed by atoms with Gasteiger partial charge in [-0.15, -0.1) is 13.2 Å². The minimum Gasteiger partial charge on any atom is -0.290 e. The van der Waals surface area contributed by atoms with E-state index >= 15 is 0 Å². The van der Waals surface area contributed by atoms with Crippen molar-refractivity contribution in [1.82, 2.24) is 9.78 Å². The Morgan fingerprint density at radius 2 is 2.23 bits per heavy atom. The van der Waals surface area contributed by atoms with Crippen LogP contribution in [0.3, 0.4) is 0 Å². The van der Waals surface area contributed by atoms with Crippen molar-refractivity contribution in [3.05, 3.63) is 18.0 Å². The van der Waals surface area contributed by atoms with Gasteiger partial charge in [-0.2, -0.15) is 5.10 Å². The molecule has 0 aliphatic rings. The predicted molar refractivity (Wildman–Crippen MR) is 39.0 cm³/mol. The Morgan fingerprint density at radius 3 is 2.69 bits per heavy atom. The molecule has 0 atom stereocenters. The van der Waals surface area contributed by atoms with Crippen molar-refractivity contribution in [2.75, 3.05) is 6.61 Å². The number of hydrogen-bond donors (Lipinski definition) is 0. The van der Waals surface area contributed by atoms with E-state index in [0.717, 1.165) is 5.56 Å². The van der Waals surface area contributed by atoms with Gasteiger partial charge in [-0.3, -0.25) is 9.42 Å². The van der Waals surface area contributed by atoms with Crippen LogP contribution in [0.2, 0.25) is 0 Å². The lowest BCUT2D eigenvalue weighted by atomic mass is 10.4. The van der Waals surface area contributed by atoms with E-state index in [2.05, 4.69) is 9.84 Å². The fraction of sp³-hybridized carbons (Fsp3) is 0.571. The molecule has 1 heterocycles. The van der Waals surface area contributed by atoms with Crippen LogP contribution in [0, 0.1) is 6.92 Å². The van der Waals surface area contributed by atoms with Crippen molar-refractivity contribution < 1.29 is 17.9 Å². The van der Waals surface area contributed by atoms with E-state index in [1.54, 1.807) is 12.4 Å². The second-order valence-corrected chi connectivity index (χ2v) is 2.57. The Bertz CT molecular complexity index is 269. The first-order chi connectivity index (χ1) is 5.97. The number of ether oxygens (including phenoxy) is 1. The molecule has 6 heteroatoms. The molecule has 3 nitrogen and oxygen atoms in total. The van der Waals surface area contributed by atoms with Gasteiger partial charge in [0.1, 0.15) is 0 Å². The topological polar surface area (TPSA) is 27.1 Å². The van der Waals surface area contributed by atoms with Crippen LogP contribution >= 0.6 is 0 Å². The lowest BCUT2D eigenvalue weighted by molar-refractivity contribution is -0.325. The van der Waals surface area contributed by atoms with Crippen LogP contribution in [0.25, 0.3) is 0 Å². The molecule has 0 N–H and O–H groups in total. The third-order valence-corrected chi connectivity index (χ3v) is 1.35. The largest absolute Gasteiger partial charge is 0.522 e. The maximum Gasteiger partial charge on any atom is 0.522 e. The van der Waals surface area contributed by atoms with E-state index in [1.165, 1.54) is 4.68 Å². The summed E-state index contributed by atoms with van der Waals surface area (Å²) >= 11 is 0. The van der Waals surface area contributed by atoms with Crippen molar-refractivity contribution in [3.63, 3.8) is 0 Å². The molecule has 13 heavy (non-hydrogen) atoms. The highest BCUT2D eigenvalue weighted by Gasteiger charge is 2.28. The molecule has 0 fully saturated rings. The molecule has 1 rings (SSSR count). The number of nitrogens with zero attached hydrogens (tertiary/aromatic N) is 2. The van der Waals surface area contributed by atoms with E-state index in [-0.39, 0.29) is 6.54 Å². The van der Waals surface area contributed by atoms with E-state index in [1.807, 2.05) is 6.92 Å². The third-order valence-electron chi connectivity index (χ3n) is 1.35. The average Bonchev–Trinajstić information content (AvgIpc) is 2.33. The van der Waals surface area contributed by atoms with Crippen molar-refractivity contribution >= 4 is 0 Å². The Morgan fingerprint density at radius 1 is 1.54 bits per heavy atom. The Kier molecular flexibility index (Phi) is 2.92. The number of halogens is 3. The van der Waals surface area contributed by atoms with Crippen molar-refractivity contribution in [1.29, 1.82) is 0 Å². The summed E-state index contributed by atoms with van der Waals surface area (Å²) in [5.41, 5.74) is 0.909. The quantitative estimate of drug-likeness (QED) is 0.732. The van der Waals surface area contributed by atoms with Crippen LogP contribution in [0.15, 0.2) is 12.4 Å². The summed E-state index contributed by atoms with van der Waals surface area (Å²) in [6.45, 7) is 1.51. The second kappa shape index (κ2) is 3.78. The highest BCUT2D eigenvalue weighted by atomic mass is 19.4. The Balaban J connectivity index is 2.28. The zero-order valence-corrected chi connectivity index (χ0v) is 7.01. The first-order valence-electron chi connectivity index (χ1n) is 3.67. The van der Waals surface area contributed by atoms with Crippen LogP contribution in [0.4, 0.5) is 13.2 Å². The minimum absolute atomic E-state index is 0.105. The van der Waals surface area contributed by atoms with Crippen molar-refractivity contribution in [2.45, 2.75) is 19.8 Å². The molecule has 0 bridgehead atoms. The predicted octanol–water partition coefficient (Wildman–Crippen LogP) is 1.73. The van der Waals surface area contributed by atoms with Gasteiger partial charge in [-0.1, -0.05) is 0 Å². The fourth-order valence-electron chi connectivity index (χ4n) is 0.844. The van der Waals surface area contributed by atoms with Crippen LogP contribution in [0.1, 0.15) is 5.56 Å². The number of alkyl halides is 3. The number of aryl methyl sites for hydroxylation is 1. The molecule has 0 aliphatic carbocycles. The van der Waals surface area contributed by atoms with Crippen molar-refractivity contribution in [2.24, 2.45) is 0 Å². The summed E-state index contributed by atoms with van der Waals surface area (Å²) in [4.78, 5) is 0. The molecule has 1 aromatic rings. The summed E-state index contributed by atoms with van der Waals surface area (Å²) < 4.78 is 39.5. The number of aromatic nitrogens is 2. The second-order valence-electron chi connectivity index (χ2n) is 2.57. The zero-order chi connectivity index (χ0) is 9.90. The van der Waals surface area contributed by atoms with Gasteiger partial charge < -0.3 is 0 Å². The molecule has 0 unspecified atom stereocenters. The van der Waals surface area contributed by atoms with E-state index in [9.17, 15) is 13.2 Å². The molecule has 74 valence electrons. The molecule has 1 aromatic heterocycles. The van der Waals surface area contributed by atoms with Gasteiger partial charge >= 0.3 is 6.36 Å². The standard InChI is InChI=1S/C7H9F3N2O/c1-6-4-11-12(5-6)2-3-13-7(8,9)10/h4-5H,2-3H2,1H3. The Labute approximate surface area is 73.1 Å². The number of hydrogen-bond acceptors (Lipinski definition) is 2. The summed E-state index contributed by atoms with van der Waals surface area (Å²) in [6, 6.07) is 0. The first-order valence-corrected chi connectivity index (χ1v) is 3.67. The molecule has 0 spiro atoms. The normalized spacial score (nSPS) is 12.0. The maximum absolute atomic E-state index is 11.5. The van der Waals surface area contributed by atoms with E-state index in [0.29, 0.717) is 0 Å². The third kappa shape index (κ3) is 3.93. The van der Waals surface area contributed by atoms with Gasteiger partial charge in [0.25, 0.3) is 0 Å². The lowest BCUT2D eigenvalue weighted by Crippen LogP contribution is -2.17. The van der Waals surface area contributed by atoms with Crippen molar-refractivity contribution in [3.8, 4) is 0 Å². The molecular weight excluding hydrogens is 185 g/mol. The van der Waals surface area contributed by atoms with Gasteiger partial charge in [0.2, 0.25) is 0 Å². The molecule has 0 aromatic carbocycles. The van der Waals surface area contributed by atoms with Gasteiger partial charge in [-0.05, 0) is 12.5 Å². The van der Waals surface area contributed by atoms with Crippen LogP contribution in [0.5, 0.6) is 0 Å². The zero-order valence-electron chi connectivity index (χ0n) is 7.01. The molecule has 0 aliphatic heterocycles. The van der Waals surface area contributed by atoms with Crippen LogP contribution in [-0.2, 0) is 11.3 Å². The molecule has 0 saturated heterocycles. The SMILES string of the molecule is Cc1cnn(CCOC(F)(F)F)c1. The van der Waals surface area contributed by atoms with E-state index < -0.39 is 13.0 Å². The average molecular weight is 194 g/mol. The van der Waals surface area contributed by atoms with Crippen LogP contribution < -0.4 is 0 Å². The smallest absolute Gasteiger partial charge is 0.290 e. The first kappa shape index (κ1) is 10.0. The minimum atomic E-state index is -4.55. The van der Waals surface area contributed by atoms with Gasteiger partial charge in [-0.25, -0.2) is 0 Å². The molecular formula is C7H9F3N2O. The molecule has 0 amide bonds. The number of rotatable bonds is 3. The summed E-state index contributed by atoms with van der Waals surface area (Å²) in [6.07, 6.45) is -1.32. The highest BCUT2D eigenvalue weighted by Crippen LogP contribution is 2.15. The summed E-state index contributed by atoms with van der Waals surface area (Å²) in [7, 11) is 0. The summed E-state index contributed by atoms with van der Waals surface area (Å²) in [5, 5.41) is 3.80. The monoisotopic (exact) mass is 194 g/mol. The molecule has 0 radical (unpaired) electrons. The van der Waals surface area contributed by atoms with Crippen LogP contribution in [-0.4, -0.2) is 22.7 Å². The summed E-state index contributed by atoms with van der Waals surface area (Å²) in [5.74, 6) is 0. The van der Waals surface area contributed by atoms with Gasteiger partial charge in [0.15, 0.2) is 0 Å².